The van der Waals surface area contributed by atoms with Gasteiger partial charge in [-0.1, -0.05) is 25.5 Å². The number of nitrogens with zero attached hydrogens (tertiary/aromatic N) is 1. The summed E-state index contributed by atoms with van der Waals surface area (Å²) in [7, 11) is 4.08. The molecule has 0 heterocycles. The molecule has 0 N–H and O–H groups in total. The monoisotopic (exact) mass is 219 g/mol. The highest BCUT2D eigenvalue weighted by Crippen LogP contribution is 2.13. The van der Waals surface area contributed by atoms with Crippen LogP contribution in [0.4, 0.5) is 5.69 Å². The highest BCUT2D eigenvalue weighted by molar-refractivity contribution is 5.54. The molecule has 0 atom stereocenters. The molecule has 1 rings (SSSR count). The van der Waals surface area contributed by atoms with Gasteiger partial charge in [0.2, 0.25) is 0 Å². The molecule has 0 fully saturated rings. The normalized spacial score (nSPS) is 10.7. The Morgan fingerprint density at radius 2 is 1.88 bits per heavy atom. The second-order valence-electron chi connectivity index (χ2n) is 4.01. The fourth-order valence-electron chi connectivity index (χ4n) is 1.31. The van der Waals surface area contributed by atoms with E-state index in [4.69, 9.17) is 4.74 Å². The molecule has 0 aliphatic heterocycles. The Hall–Kier alpha value is -1.44. The molecule has 0 saturated heterocycles. The van der Waals surface area contributed by atoms with Crippen LogP contribution in [0.15, 0.2) is 30.5 Å². The smallest absolute Gasteiger partial charge is 0.0873 e. The van der Waals surface area contributed by atoms with E-state index in [2.05, 4.69) is 36.1 Å². The predicted octanol–water partition coefficient (Wildman–Crippen LogP) is 3.54. The van der Waals surface area contributed by atoms with E-state index in [1.807, 2.05) is 20.2 Å². The second-order valence-corrected chi connectivity index (χ2v) is 4.01. The topological polar surface area (TPSA) is 12.5 Å². The van der Waals surface area contributed by atoms with Crippen LogP contribution in [0.5, 0.6) is 0 Å². The fraction of sp³-hybridized carbons (Fsp3) is 0.429. The summed E-state index contributed by atoms with van der Waals surface area (Å²) in [5.41, 5.74) is 2.38. The van der Waals surface area contributed by atoms with Crippen molar-refractivity contribution in [3.05, 3.63) is 36.1 Å². The third kappa shape index (κ3) is 4.39. The molecule has 0 saturated carbocycles. The largest absolute Gasteiger partial charge is 0.501 e. The van der Waals surface area contributed by atoms with Crippen LogP contribution in [0.3, 0.4) is 0 Å². The Morgan fingerprint density at radius 1 is 1.19 bits per heavy atom. The summed E-state index contributed by atoms with van der Waals surface area (Å²) in [6.45, 7) is 2.97. The van der Waals surface area contributed by atoms with Crippen LogP contribution in [0.2, 0.25) is 0 Å². The number of anilines is 1. The molecule has 0 radical (unpaired) electrons. The number of unbranched alkanes of at least 4 members (excludes halogenated alkanes) is 1. The van der Waals surface area contributed by atoms with E-state index in [0.717, 1.165) is 13.0 Å². The lowest BCUT2D eigenvalue weighted by Gasteiger charge is -2.11. The Kier molecular flexibility index (Phi) is 5.48. The maximum Gasteiger partial charge on any atom is 0.0873 e. The zero-order chi connectivity index (χ0) is 11.8. The van der Waals surface area contributed by atoms with Crippen molar-refractivity contribution in [2.75, 3.05) is 25.6 Å². The highest BCUT2D eigenvalue weighted by atomic mass is 16.5. The van der Waals surface area contributed by atoms with Crippen molar-refractivity contribution in [2.24, 2.45) is 0 Å². The molecule has 0 aromatic heterocycles. The molecule has 0 aliphatic rings. The van der Waals surface area contributed by atoms with Crippen molar-refractivity contribution in [2.45, 2.75) is 19.8 Å². The first kappa shape index (κ1) is 12.6. The van der Waals surface area contributed by atoms with Crippen LogP contribution < -0.4 is 4.90 Å². The van der Waals surface area contributed by atoms with Crippen LogP contribution in [0.25, 0.3) is 6.08 Å². The van der Waals surface area contributed by atoms with E-state index >= 15 is 0 Å². The molecule has 0 aliphatic carbocycles. The minimum absolute atomic E-state index is 0.808. The maximum atomic E-state index is 5.36. The third-order valence-corrected chi connectivity index (χ3v) is 2.38. The van der Waals surface area contributed by atoms with E-state index in [9.17, 15) is 0 Å². The van der Waals surface area contributed by atoms with Crippen LogP contribution in [-0.4, -0.2) is 20.7 Å². The van der Waals surface area contributed by atoms with Gasteiger partial charge in [-0.25, -0.2) is 0 Å². The molecule has 1 aromatic rings. The molecule has 16 heavy (non-hydrogen) atoms. The summed E-state index contributed by atoms with van der Waals surface area (Å²) in [4.78, 5) is 2.09. The molecule has 0 amide bonds. The average molecular weight is 219 g/mol. The van der Waals surface area contributed by atoms with Gasteiger partial charge in [-0.05, 0) is 30.2 Å². The number of ether oxygens (including phenoxy) is 1. The van der Waals surface area contributed by atoms with Gasteiger partial charge in [-0.2, -0.15) is 0 Å². The van der Waals surface area contributed by atoms with E-state index in [-0.39, 0.29) is 0 Å². The SMILES string of the molecule is CCCCO/C=C/c1ccc(N(C)C)cc1. The number of hydrogen-bond donors (Lipinski definition) is 0. The van der Waals surface area contributed by atoms with E-state index in [1.165, 1.54) is 17.7 Å². The Morgan fingerprint density at radius 3 is 2.44 bits per heavy atom. The van der Waals surface area contributed by atoms with Gasteiger partial charge >= 0.3 is 0 Å². The first-order valence-electron chi connectivity index (χ1n) is 5.79. The minimum atomic E-state index is 0.808. The van der Waals surface area contributed by atoms with Gasteiger partial charge in [0.25, 0.3) is 0 Å². The van der Waals surface area contributed by atoms with Gasteiger partial charge in [-0.15, -0.1) is 0 Å². The molecule has 1 aromatic carbocycles. The Balaban J connectivity index is 2.42. The summed E-state index contributed by atoms with van der Waals surface area (Å²) in [5.74, 6) is 0. The summed E-state index contributed by atoms with van der Waals surface area (Å²) in [5, 5.41) is 0. The molecular weight excluding hydrogens is 198 g/mol. The molecule has 2 heteroatoms. The van der Waals surface area contributed by atoms with Crippen molar-refractivity contribution in [3.8, 4) is 0 Å². The predicted molar refractivity (Wildman–Crippen MR) is 70.7 cm³/mol. The summed E-state index contributed by atoms with van der Waals surface area (Å²) in [6.07, 6.45) is 6.06. The van der Waals surface area contributed by atoms with Gasteiger partial charge < -0.3 is 9.64 Å². The maximum absolute atomic E-state index is 5.36. The van der Waals surface area contributed by atoms with Gasteiger partial charge in [0.1, 0.15) is 0 Å². The van der Waals surface area contributed by atoms with Crippen molar-refractivity contribution in [1.29, 1.82) is 0 Å². The van der Waals surface area contributed by atoms with Crippen molar-refractivity contribution < 1.29 is 4.74 Å². The van der Waals surface area contributed by atoms with Crippen LogP contribution in [-0.2, 0) is 4.74 Å². The van der Waals surface area contributed by atoms with E-state index < -0.39 is 0 Å². The molecule has 2 nitrogen and oxygen atoms in total. The van der Waals surface area contributed by atoms with Crippen molar-refractivity contribution in [1.82, 2.24) is 0 Å². The lowest BCUT2D eigenvalue weighted by Crippen LogP contribution is -2.07. The van der Waals surface area contributed by atoms with E-state index in [1.54, 1.807) is 6.26 Å². The van der Waals surface area contributed by atoms with Crippen LogP contribution in [0, 0.1) is 0 Å². The molecule has 0 unspecified atom stereocenters. The number of hydrogen-bond acceptors (Lipinski definition) is 2. The number of benzene rings is 1. The summed E-state index contributed by atoms with van der Waals surface area (Å²) < 4.78 is 5.36. The van der Waals surface area contributed by atoms with Gasteiger partial charge in [-0.3, -0.25) is 0 Å². The van der Waals surface area contributed by atoms with Crippen LogP contribution >= 0.6 is 0 Å². The van der Waals surface area contributed by atoms with Gasteiger partial charge in [0.05, 0.1) is 12.9 Å². The highest BCUT2D eigenvalue weighted by Gasteiger charge is 1.93. The lowest BCUT2D eigenvalue weighted by molar-refractivity contribution is 0.246. The first-order chi connectivity index (χ1) is 7.74. The average Bonchev–Trinajstić information content (AvgIpc) is 2.29. The first-order valence-corrected chi connectivity index (χ1v) is 5.79. The molecule has 0 spiro atoms. The molecular formula is C14H21NO. The second kappa shape index (κ2) is 6.94. The Bertz CT molecular complexity index is 314. The van der Waals surface area contributed by atoms with Crippen LogP contribution in [0.1, 0.15) is 25.3 Å². The zero-order valence-electron chi connectivity index (χ0n) is 10.4. The van der Waals surface area contributed by atoms with Crippen molar-refractivity contribution >= 4 is 11.8 Å². The van der Waals surface area contributed by atoms with Gasteiger partial charge in [0, 0.05) is 19.8 Å². The van der Waals surface area contributed by atoms with Crippen molar-refractivity contribution in [3.63, 3.8) is 0 Å². The molecule has 88 valence electrons. The number of rotatable bonds is 6. The lowest BCUT2D eigenvalue weighted by atomic mass is 10.2. The summed E-state index contributed by atoms with van der Waals surface area (Å²) in [6, 6.07) is 8.39. The molecule has 0 bridgehead atoms. The standard InChI is InChI=1S/C14H21NO/c1-4-5-11-16-12-10-13-6-8-14(9-7-13)15(2)3/h6-10,12H,4-5,11H2,1-3H3/b12-10+. The fourth-order valence-corrected chi connectivity index (χ4v) is 1.31. The minimum Gasteiger partial charge on any atom is -0.501 e. The Labute approximate surface area is 98.5 Å². The third-order valence-electron chi connectivity index (χ3n) is 2.38. The van der Waals surface area contributed by atoms with E-state index in [0.29, 0.717) is 0 Å². The van der Waals surface area contributed by atoms with Gasteiger partial charge in [0.15, 0.2) is 0 Å². The summed E-state index contributed by atoms with van der Waals surface area (Å²) >= 11 is 0. The zero-order valence-corrected chi connectivity index (χ0v) is 10.4. The quantitative estimate of drug-likeness (QED) is 0.536.